The van der Waals surface area contributed by atoms with E-state index in [1.165, 1.54) is 61.2 Å². The Morgan fingerprint density at radius 1 is 0.500 bits per heavy atom. The number of benzene rings is 5. The zero-order valence-electron chi connectivity index (χ0n) is 21.0. The second-order valence-electron chi connectivity index (χ2n) is 11.2. The molecule has 36 heavy (non-hydrogen) atoms. The minimum Gasteiger partial charge on any atom is -0.399 e. The maximum Gasteiger partial charge on any atom is 0.0726 e. The van der Waals surface area contributed by atoms with Crippen LogP contribution in [0.4, 0.5) is 5.69 Å². The Kier molecular flexibility index (Phi) is 4.25. The highest BCUT2D eigenvalue weighted by Gasteiger charge is 2.51. The van der Waals surface area contributed by atoms with E-state index in [-0.39, 0.29) is 10.8 Å². The highest BCUT2D eigenvalue weighted by molar-refractivity contribution is 5.96. The zero-order chi connectivity index (χ0) is 24.7. The van der Waals surface area contributed by atoms with Crippen molar-refractivity contribution in [3.8, 4) is 33.4 Å². The molecule has 1 spiro atoms. The molecule has 0 bridgehead atoms. The van der Waals surface area contributed by atoms with E-state index in [2.05, 4.69) is 124 Å². The molecule has 0 aromatic heterocycles. The fraction of sp³-hybridized carbons (Fsp3) is 0.143. The molecule has 0 radical (unpaired) electrons. The standard InChI is InChI=1S/C35H29N/c1-34(2,3)24-10-8-9-22(19-24)23-15-17-28-29-18-16-25(36)21-33(29)35(32(28)20-23)30-13-6-4-11-26(30)27-12-5-7-14-31(27)35/h4-21H,36H2,1-3H3. The molecule has 0 fully saturated rings. The van der Waals surface area contributed by atoms with E-state index in [9.17, 15) is 0 Å². The summed E-state index contributed by atoms with van der Waals surface area (Å²) in [6.45, 7) is 6.83. The second-order valence-corrected chi connectivity index (χ2v) is 11.2. The summed E-state index contributed by atoms with van der Waals surface area (Å²) in [5, 5.41) is 0. The Morgan fingerprint density at radius 3 is 1.72 bits per heavy atom. The number of nitrogen functional groups attached to an aromatic ring is 1. The van der Waals surface area contributed by atoms with Gasteiger partial charge in [-0.2, -0.15) is 0 Å². The summed E-state index contributed by atoms with van der Waals surface area (Å²) in [6.07, 6.45) is 0. The molecule has 174 valence electrons. The topological polar surface area (TPSA) is 26.0 Å². The summed E-state index contributed by atoms with van der Waals surface area (Å²) in [5.74, 6) is 0. The first-order valence-electron chi connectivity index (χ1n) is 12.7. The van der Waals surface area contributed by atoms with Crippen molar-refractivity contribution in [2.24, 2.45) is 0 Å². The van der Waals surface area contributed by atoms with Gasteiger partial charge in [-0.1, -0.05) is 112 Å². The van der Waals surface area contributed by atoms with Gasteiger partial charge in [0.05, 0.1) is 5.41 Å². The van der Waals surface area contributed by atoms with Crippen LogP contribution < -0.4 is 5.73 Å². The fourth-order valence-corrected chi connectivity index (χ4v) is 6.50. The number of fused-ring (bicyclic) bond motifs is 10. The first kappa shape index (κ1) is 21.2. The average Bonchev–Trinajstić information content (AvgIpc) is 3.35. The SMILES string of the molecule is CC(C)(C)c1cccc(-c2ccc3c(c2)C2(c4ccccc4-c4ccccc42)c2cc(N)ccc2-3)c1. The van der Waals surface area contributed by atoms with E-state index in [4.69, 9.17) is 5.73 Å². The van der Waals surface area contributed by atoms with E-state index in [1.54, 1.807) is 0 Å². The lowest BCUT2D eigenvalue weighted by molar-refractivity contribution is 0.590. The molecule has 1 heteroatoms. The molecular weight excluding hydrogens is 434 g/mol. The van der Waals surface area contributed by atoms with Gasteiger partial charge in [0.1, 0.15) is 0 Å². The maximum absolute atomic E-state index is 6.43. The molecule has 2 N–H and O–H groups in total. The Balaban J connectivity index is 1.57. The van der Waals surface area contributed by atoms with Gasteiger partial charge in [-0.25, -0.2) is 0 Å². The van der Waals surface area contributed by atoms with Crippen LogP contribution >= 0.6 is 0 Å². The molecule has 0 unspecified atom stereocenters. The van der Waals surface area contributed by atoms with Crippen molar-refractivity contribution < 1.29 is 0 Å². The van der Waals surface area contributed by atoms with Crippen LogP contribution in [-0.4, -0.2) is 0 Å². The van der Waals surface area contributed by atoms with Crippen molar-refractivity contribution >= 4 is 5.69 Å². The molecular formula is C35H29N. The third-order valence-corrected chi connectivity index (χ3v) is 8.18. The van der Waals surface area contributed by atoms with E-state index >= 15 is 0 Å². The minimum absolute atomic E-state index is 0.102. The number of hydrogen-bond donors (Lipinski definition) is 1. The molecule has 2 aliphatic carbocycles. The van der Waals surface area contributed by atoms with Crippen molar-refractivity contribution in [3.63, 3.8) is 0 Å². The van der Waals surface area contributed by atoms with Crippen LogP contribution in [0.5, 0.6) is 0 Å². The molecule has 2 aliphatic rings. The third kappa shape index (κ3) is 2.72. The van der Waals surface area contributed by atoms with Gasteiger partial charge < -0.3 is 5.73 Å². The van der Waals surface area contributed by atoms with Crippen LogP contribution in [0.25, 0.3) is 33.4 Å². The quantitative estimate of drug-likeness (QED) is 0.242. The largest absolute Gasteiger partial charge is 0.399 e. The predicted molar refractivity (Wildman–Crippen MR) is 151 cm³/mol. The summed E-state index contributed by atoms with van der Waals surface area (Å²) in [5.41, 5.74) is 21.4. The Bertz CT molecular complexity index is 1640. The molecule has 5 aromatic carbocycles. The molecule has 0 atom stereocenters. The van der Waals surface area contributed by atoms with Crippen LogP contribution in [0.15, 0.2) is 109 Å². The number of hydrogen-bond acceptors (Lipinski definition) is 1. The molecule has 7 rings (SSSR count). The van der Waals surface area contributed by atoms with Gasteiger partial charge in [-0.3, -0.25) is 0 Å². The number of rotatable bonds is 1. The van der Waals surface area contributed by atoms with Gasteiger partial charge in [-0.05, 0) is 84.8 Å². The van der Waals surface area contributed by atoms with Crippen LogP contribution in [0.2, 0.25) is 0 Å². The number of nitrogens with two attached hydrogens (primary N) is 1. The zero-order valence-corrected chi connectivity index (χ0v) is 21.0. The van der Waals surface area contributed by atoms with E-state index in [1.807, 2.05) is 6.07 Å². The molecule has 0 heterocycles. The summed E-state index contributed by atoms with van der Waals surface area (Å²) < 4.78 is 0. The van der Waals surface area contributed by atoms with Crippen LogP contribution in [0.3, 0.4) is 0 Å². The van der Waals surface area contributed by atoms with Gasteiger partial charge in [0.15, 0.2) is 0 Å². The van der Waals surface area contributed by atoms with Crippen molar-refractivity contribution in [2.45, 2.75) is 31.6 Å². The van der Waals surface area contributed by atoms with Gasteiger partial charge in [0.2, 0.25) is 0 Å². The number of anilines is 1. The molecule has 0 amide bonds. The Labute approximate surface area is 213 Å². The Hall–Kier alpha value is -4.10. The summed E-state index contributed by atoms with van der Waals surface area (Å²) in [7, 11) is 0. The third-order valence-electron chi connectivity index (χ3n) is 8.18. The first-order chi connectivity index (χ1) is 17.4. The van der Waals surface area contributed by atoms with Crippen molar-refractivity contribution in [1.29, 1.82) is 0 Å². The van der Waals surface area contributed by atoms with E-state index in [0.717, 1.165) is 5.69 Å². The lowest BCUT2D eigenvalue weighted by Crippen LogP contribution is -2.26. The van der Waals surface area contributed by atoms with Gasteiger partial charge in [0, 0.05) is 5.69 Å². The van der Waals surface area contributed by atoms with Crippen molar-refractivity contribution in [2.75, 3.05) is 5.73 Å². The highest BCUT2D eigenvalue weighted by Crippen LogP contribution is 2.63. The van der Waals surface area contributed by atoms with Crippen LogP contribution in [0.1, 0.15) is 48.6 Å². The summed E-state index contributed by atoms with van der Waals surface area (Å²) in [6, 6.07) is 40.3. The van der Waals surface area contributed by atoms with Crippen molar-refractivity contribution in [1.82, 2.24) is 0 Å². The lowest BCUT2D eigenvalue weighted by atomic mass is 9.70. The van der Waals surface area contributed by atoms with Crippen LogP contribution in [0, 0.1) is 0 Å². The lowest BCUT2D eigenvalue weighted by Gasteiger charge is -2.31. The smallest absolute Gasteiger partial charge is 0.0726 e. The fourth-order valence-electron chi connectivity index (χ4n) is 6.50. The molecule has 0 aliphatic heterocycles. The predicted octanol–water partition coefficient (Wildman–Crippen LogP) is 8.58. The molecule has 1 nitrogen and oxygen atoms in total. The van der Waals surface area contributed by atoms with Crippen LogP contribution in [-0.2, 0) is 10.8 Å². The molecule has 0 saturated heterocycles. The highest BCUT2D eigenvalue weighted by atomic mass is 14.6. The minimum atomic E-state index is -0.370. The summed E-state index contributed by atoms with van der Waals surface area (Å²) in [4.78, 5) is 0. The summed E-state index contributed by atoms with van der Waals surface area (Å²) >= 11 is 0. The first-order valence-corrected chi connectivity index (χ1v) is 12.7. The Morgan fingerprint density at radius 2 is 1.06 bits per heavy atom. The maximum atomic E-state index is 6.43. The second kappa shape index (κ2) is 7.21. The van der Waals surface area contributed by atoms with Gasteiger partial charge >= 0.3 is 0 Å². The van der Waals surface area contributed by atoms with Gasteiger partial charge in [0.25, 0.3) is 0 Å². The van der Waals surface area contributed by atoms with Gasteiger partial charge in [-0.15, -0.1) is 0 Å². The molecule has 0 saturated carbocycles. The average molecular weight is 464 g/mol. The normalized spacial score (nSPS) is 14.3. The van der Waals surface area contributed by atoms with Crippen molar-refractivity contribution in [3.05, 3.63) is 137 Å². The van der Waals surface area contributed by atoms with E-state index in [0.29, 0.717) is 0 Å². The monoisotopic (exact) mass is 463 g/mol. The molecule has 5 aromatic rings. The van der Waals surface area contributed by atoms with E-state index < -0.39 is 0 Å².